The molecule has 0 radical (unpaired) electrons. The number of phenols is 2. The Labute approximate surface area is 114 Å². The molecule has 5 heteroatoms. The molecule has 0 unspecified atom stereocenters. The van der Waals surface area contributed by atoms with Crippen LogP contribution in [-0.4, -0.2) is 16.8 Å². The third-order valence-corrected chi connectivity index (χ3v) is 3.58. The van der Waals surface area contributed by atoms with Crippen LogP contribution in [0.25, 0.3) is 0 Å². The van der Waals surface area contributed by atoms with E-state index < -0.39 is 17.7 Å². The minimum atomic E-state index is -0.675. The fourth-order valence-electron chi connectivity index (χ4n) is 2.63. The number of nitrogens with one attached hydrogen (secondary N) is 1. The van der Waals surface area contributed by atoms with E-state index in [9.17, 15) is 19.0 Å². The summed E-state index contributed by atoms with van der Waals surface area (Å²) >= 11 is 0. The van der Waals surface area contributed by atoms with E-state index in [1.165, 1.54) is 30.3 Å². The van der Waals surface area contributed by atoms with Crippen molar-refractivity contribution in [1.82, 2.24) is 5.32 Å². The summed E-state index contributed by atoms with van der Waals surface area (Å²) in [6.07, 6.45) is 0.621. The second-order valence-electron chi connectivity index (χ2n) is 4.81. The highest BCUT2D eigenvalue weighted by Gasteiger charge is 2.27. The van der Waals surface area contributed by atoms with Crippen molar-refractivity contribution < 1.29 is 19.0 Å². The molecule has 0 fully saturated rings. The largest absolute Gasteiger partial charge is 0.504 e. The Balaban J connectivity index is 2.17. The van der Waals surface area contributed by atoms with Crippen LogP contribution in [-0.2, 0) is 6.42 Å². The average Bonchev–Trinajstić information content (AvgIpc) is 2.40. The van der Waals surface area contributed by atoms with Gasteiger partial charge in [-0.15, -0.1) is 0 Å². The van der Waals surface area contributed by atoms with Gasteiger partial charge in [-0.2, -0.15) is 0 Å². The molecule has 1 heterocycles. The monoisotopic (exact) mass is 277 g/mol. The summed E-state index contributed by atoms with van der Waals surface area (Å²) in [5.41, 5.74) is 1.28. The van der Waals surface area contributed by atoms with Gasteiger partial charge in [0.05, 0.1) is 6.04 Å². The number of benzene rings is 2. The zero-order chi connectivity index (χ0) is 14.3. The molecule has 0 aliphatic carbocycles. The van der Waals surface area contributed by atoms with Crippen LogP contribution in [0.1, 0.15) is 22.7 Å². The molecule has 0 aromatic heterocycles. The fourth-order valence-corrected chi connectivity index (χ4v) is 2.63. The summed E-state index contributed by atoms with van der Waals surface area (Å²) in [5.74, 6) is -1.79. The second-order valence-corrected chi connectivity index (χ2v) is 4.81. The van der Waals surface area contributed by atoms with Crippen molar-refractivity contribution in [3.8, 4) is 11.5 Å². The lowest BCUT2D eigenvalue weighted by Crippen LogP contribution is -2.31. The highest BCUT2D eigenvalue weighted by atomic mass is 19.1. The van der Waals surface area contributed by atoms with Gasteiger partial charge in [0.1, 0.15) is 11.6 Å². The normalized spacial score (nSPS) is 17.8. The Kier molecular flexibility index (Phi) is 3.06. The van der Waals surface area contributed by atoms with Gasteiger partial charge in [0, 0.05) is 12.1 Å². The van der Waals surface area contributed by atoms with E-state index in [1.807, 2.05) is 0 Å². The van der Waals surface area contributed by atoms with Gasteiger partial charge in [0.2, 0.25) is 0 Å². The van der Waals surface area contributed by atoms with Crippen LogP contribution in [0, 0.1) is 11.6 Å². The summed E-state index contributed by atoms with van der Waals surface area (Å²) in [6.45, 7) is 0.537. The van der Waals surface area contributed by atoms with Crippen molar-refractivity contribution in [3.63, 3.8) is 0 Å². The standard InChI is InChI=1S/C15H13F2NO2/c16-10-2-1-3-11(17)14(10)15-9-7-13(20)12(19)6-8(9)4-5-18-15/h1-3,6-7,15,18-20H,4-5H2/t15-/m0/s1. The lowest BCUT2D eigenvalue weighted by atomic mass is 9.89. The van der Waals surface area contributed by atoms with Gasteiger partial charge >= 0.3 is 0 Å². The molecule has 3 N–H and O–H groups in total. The molecule has 3 nitrogen and oxygen atoms in total. The highest BCUT2D eigenvalue weighted by molar-refractivity contribution is 5.50. The van der Waals surface area contributed by atoms with E-state index in [2.05, 4.69) is 5.32 Å². The smallest absolute Gasteiger partial charge is 0.157 e. The Hall–Kier alpha value is -2.14. The maximum atomic E-state index is 13.9. The van der Waals surface area contributed by atoms with Gasteiger partial charge in [-0.1, -0.05) is 6.07 Å². The number of fused-ring (bicyclic) bond motifs is 1. The number of aromatic hydroxyl groups is 2. The molecule has 1 aliphatic heterocycles. The summed E-state index contributed by atoms with van der Waals surface area (Å²) in [6, 6.07) is 5.84. The fraction of sp³-hybridized carbons (Fsp3) is 0.200. The van der Waals surface area contributed by atoms with Crippen LogP contribution in [0.2, 0.25) is 0 Å². The van der Waals surface area contributed by atoms with Crippen LogP contribution >= 0.6 is 0 Å². The van der Waals surface area contributed by atoms with Crippen LogP contribution < -0.4 is 5.32 Å². The molecule has 104 valence electrons. The SMILES string of the molecule is Oc1cc2c(cc1O)[C@@H](c1c(F)cccc1F)NCC2. The predicted molar refractivity (Wildman–Crippen MR) is 69.7 cm³/mol. The molecule has 20 heavy (non-hydrogen) atoms. The predicted octanol–water partition coefficient (Wildman–Crippen LogP) is 2.61. The van der Waals surface area contributed by atoms with Gasteiger partial charge in [-0.25, -0.2) is 8.78 Å². The third-order valence-electron chi connectivity index (χ3n) is 3.58. The molecule has 0 amide bonds. The van der Waals surface area contributed by atoms with Crippen LogP contribution in [0.15, 0.2) is 30.3 Å². The Bertz CT molecular complexity index is 653. The number of rotatable bonds is 1. The molecular formula is C15H13F2NO2. The van der Waals surface area contributed by atoms with Crippen molar-refractivity contribution in [2.45, 2.75) is 12.5 Å². The molecule has 0 spiro atoms. The van der Waals surface area contributed by atoms with E-state index in [-0.39, 0.29) is 17.1 Å². The van der Waals surface area contributed by atoms with Crippen LogP contribution in [0.4, 0.5) is 8.78 Å². The Morgan fingerprint density at radius 2 is 1.70 bits per heavy atom. The molecule has 0 saturated carbocycles. The number of halogens is 2. The Morgan fingerprint density at radius 3 is 2.40 bits per heavy atom. The first-order chi connectivity index (χ1) is 9.58. The van der Waals surface area contributed by atoms with Gasteiger partial charge in [0.25, 0.3) is 0 Å². The van der Waals surface area contributed by atoms with Crippen molar-refractivity contribution in [2.24, 2.45) is 0 Å². The van der Waals surface area contributed by atoms with Crippen molar-refractivity contribution in [3.05, 3.63) is 58.7 Å². The maximum Gasteiger partial charge on any atom is 0.157 e. The maximum absolute atomic E-state index is 13.9. The van der Waals surface area contributed by atoms with Crippen molar-refractivity contribution >= 4 is 0 Å². The zero-order valence-corrected chi connectivity index (χ0v) is 10.5. The van der Waals surface area contributed by atoms with Gasteiger partial charge in [0.15, 0.2) is 11.5 Å². The molecular weight excluding hydrogens is 264 g/mol. The summed E-state index contributed by atoms with van der Waals surface area (Å²) < 4.78 is 27.8. The minimum absolute atomic E-state index is 0.0708. The van der Waals surface area contributed by atoms with E-state index >= 15 is 0 Å². The van der Waals surface area contributed by atoms with Crippen molar-refractivity contribution in [1.29, 1.82) is 0 Å². The third kappa shape index (κ3) is 2.00. The van der Waals surface area contributed by atoms with E-state index in [4.69, 9.17) is 0 Å². The van der Waals surface area contributed by atoms with Gasteiger partial charge < -0.3 is 15.5 Å². The lowest BCUT2D eigenvalue weighted by molar-refractivity contribution is 0.399. The van der Waals surface area contributed by atoms with Crippen molar-refractivity contribution in [2.75, 3.05) is 6.54 Å². The average molecular weight is 277 g/mol. The molecule has 1 aliphatic rings. The number of hydrogen-bond acceptors (Lipinski definition) is 3. The summed E-state index contributed by atoms with van der Waals surface area (Å²) in [4.78, 5) is 0. The minimum Gasteiger partial charge on any atom is -0.504 e. The molecule has 3 rings (SSSR count). The van der Waals surface area contributed by atoms with E-state index in [1.54, 1.807) is 0 Å². The molecule has 0 bridgehead atoms. The van der Waals surface area contributed by atoms with Crippen LogP contribution in [0.5, 0.6) is 11.5 Å². The molecule has 2 aromatic rings. The quantitative estimate of drug-likeness (QED) is 0.702. The first-order valence-electron chi connectivity index (χ1n) is 6.30. The second kappa shape index (κ2) is 4.76. The molecule has 1 atom stereocenters. The van der Waals surface area contributed by atoms with E-state index in [0.717, 1.165) is 5.56 Å². The number of hydrogen-bond donors (Lipinski definition) is 3. The van der Waals surface area contributed by atoms with Gasteiger partial charge in [-0.05, 0) is 41.8 Å². The number of phenolic OH excluding ortho intramolecular Hbond substituents is 2. The first kappa shape index (κ1) is 12.9. The van der Waals surface area contributed by atoms with E-state index in [0.29, 0.717) is 18.5 Å². The van der Waals surface area contributed by atoms with Gasteiger partial charge in [-0.3, -0.25) is 0 Å². The summed E-state index contributed by atoms with van der Waals surface area (Å²) in [7, 11) is 0. The first-order valence-corrected chi connectivity index (χ1v) is 6.30. The molecule has 2 aromatic carbocycles. The highest BCUT2D eigenvalue weighted by Crippen LogP contribution is 2.37. The molecule has 0 saturated heterocycles. The zero-order valence-electron chi connectivity index (χ0n) is 10.5. The Morgan fingerprint density at radius 1 is 1.05 bits per heavy atom. The summed E-state index contributed by atoms with van der Waals surface area (Å²) in [5, 5.41) is 22.2. The van der Waals surface area contributed by atoms with Crippen LogP contribution in [0.3, 0.4) is 0 Å². The lowest BCUT2D eigenvalue weighted by Gasteiger charge is -2.28. The topological polar surface area (TPSA) is 52.5 Å².